The third-order valence-corrected chi connectivity index (χ3v) is 3.48. The number of hydrogen-bond donors (Lipinski definition) is 1. The van der Waals surface area contributed by atoms with Gasteiger partial charge in [-0.25, -0.2) is 8.78 Å². The molecule has 3 nitrogen and oxygen atoms in total. The van der Waals surface area contributed by atoms with Crippen molar-refractivity contribution in [1.29, 1.82) is 0 Å². The third kappa shape index (κ3) is 3.68. The van der Waals surface area contributed by atoms with Gasteiger partial charge < -0.3 is 10.2 Å². The minimum atomic E-state index is -0.284. The second-order valence-electron chi connectivity index (χ2n) is 5.24. The molecule has 5 heteroatoms. The summed E-state index contributed by atoms with van der Waals surface area (Å²) in [4.78, 5) is 5.35. The number of benzene rings is 2. The maximum Gasteiger partial charge on any atom is 0.145 e. The predicted octanol–water partition coefficient (Wildman–Crippen LogP) is 3.25. The molecular formula is C17H16F2N2O. The molecule has 114 valence electrons. The molecule has 0 aliphatic carbocycles. The number of hydrogen-bond acceptors (Lipinski definition) is 3. The molecule has 22 heavy (non-hydrogen) atoms. The summed E-state index contributed by atoms with van der Waals surface area (Å²) in [5.74, 6) is -0.527. The Labute approximate surface area is 127 Å². The van der Waals surface area contributed by atoms with Crippen LogP contribution in [0.25, 0.3) is 0 Å². The first kappa shape index (κ1) is 14.7. The fraction of sp³-hybridized carbons (Fsp3) is 0.235. The van der Waals surface area contributed by atoms with Gasteiger partial charge in [0.2, 0.25) is 0 Å². The summed E-state index contributed by atoms with van der Waals surface area (Å²) in [6.45, 7) is 1.16. The molecule has 0 radical (unpaired) electrons. The third-order valence-electron chi connectivity index (χ3n) is 3.48. The Morgan fingerprint density at radius 2 is 1.86 bits per heavy atom. The number of nitrogens with zero attached hydrogens (tertiary/aromatic N) is 1. The summed E-state index contributed by atoms with van der Waals surface area (Å²) in [5.41, 5.74) is 2.37. The van der Waals surface area contributed by atoms with Crippen LogP contribution in [0.1, 0.15) is 17.5 Å². The minimum absolute atomic E-state index is 0.0909. The first-order valence-electron chi connectivity index (χ1n) is 7.14. The monoisotopic (exact) mass is 302 g/mol. The first-order valence-corrected chi connectivity index (χ1v) is 7.14. The fourth-order valence-electron chi connectivity index (χ4n) is 2.40. The maximum absolute atomic E-state index is 13.2. The van der Waals surface area contributed by atoms with Crippen molar-refractivity contribution < 1.29 is 13.6 Å². The van der Waals surface area contributed by atoms with Crippen molar-refractivity contribution in [3.05, 3.63) is 71.3 Å². The van der Waals surface area contributed by atoms with Gasteiger partial charge in [-0.1, -0.05) is 29.4 Å². The molecule has 1 aliphatic heterocycles. The lowest BCUT2D eigenvalue weighted by molar-refractivity contribution is 0.0848. The zero-order valence-electron chi connectivity index (χ0n) is 11.9. The fourth-order valence-corrected chi connectivity index (χ4v) is 2.40. The molecule has 1 unspecified atom stereocenters. The van der Waals surface area contributed by atoms with Crippen molar-refractivity contribution in [2.24, 2.45) is 5.16 Å². The zero-order valence-corrected chi connectivity index (χ0v) is 11.9. The van der Waals surface area contributed by atoms with Crippen LogP contribution in [-0.2, 0) is 11.4 Å². The zero-order chi connectivity index (χ0) is 15.4. The molecule has 1 heterocycles. The lowest BCUT2D eigenvalue weighted by atomic mass is 10.0. The van der Waals surface area contributed by atoms with E-state index in [9.17, 15) is 8.78 Å². The Balaban J connectivity index is 1.48. The lowest BCUT2D eigenvalue weighted by Crippen LogP contribution is -2.26. The topological polar surface area (TPSA) is 33.6 Å². The predicted molar refractivity (Wildman–Crippen MR) is 80.5 cm³/mol. The number of halogens is 2. The average Bonchev–Trinajstić information content (AvgIpc) is 2.96. The van der Waals surface area contributed by atoms with Crippen LogP contribution >= 0.6 is 0 Å². The van der Waals surface area contributed by atoms with E-state index in [0.29, 0.717) is 19.5 Å². The van der Waals surface area contributed by atoms with Crippen LogP contribution in [0.2, 0.25) is 0 Å². The van der Waals surface area contributed by atoms with E-state index in [4.69, 9.17) is 4.84 Å². The highest BCUT2D eigenvalue weighted by molar-refractivity contribution is 6.01. The first-order chi connectivity index (χ1) is 10.7. The number of rotatable bonds is 5. The van der Waals surface area contributed by atoms with Crippen LogP contribution in [0.5, 0.6) is 0 Å². The Morgan fingerprint density at radius 3 is 2.64 bits per heavy atom. The van der Waals surface area contributed by atoms with E-state index < -0.39 is 0 Å². The second-order valence-corrected chi connectivity index (χ2v) is 5.24. The van der Waals surface area contributed by atoms with Crippen molar-refractivity contribution in [3.63, 3.8) is 0 Å². The average molecular weight is 302 g/mol. The van der Waals surface area contributed by atoms with Crippen LogP contribution in [0.4, 0.5) is 8.78 Å². The Hall–Kier alpha value is -2.27. The number of nitrogens with one attached hydrogen (secondary N) is 1. The summed E-state index contributed by atoms with van der Waals surface area (Å²) in [7, 11) is 0. The van der Waals surface area contributed by atoms with Gasteiger partial charge >= 0.3 is 0 Å². The van der Waals surface area contributed by atoms with E-state index in [1.54, 1.807) is 12.1 Å². The standard InChI is InChI=1S/C17H16F2N2O/c18-14-5-1-3-12(7-14)10-20-11-16-9-17(21-22-16)13-4-2-6-15(19)8-13/h1-8,16,20H,9-11H2. The van der Waals surface area contributed by atoms with Gasteiger partial charge in [0.15, 0.2) is 0 Å². The van der Waals surface area contributed by atoms with Crippen LogP contribution in [-0.4, -0.2) is 18.4 Å². The van der Waals surface area contributed by atoms with Crippen LogP contribution in [0.3, 0.4) is 0 Å². The molecule has 1 N–H and O–H groups in total. The summed E-state index contributed by atoms with van der Waals surface area (Å²) < 4.78 is 26.3. The summed E-state index contributed by atoms with van der Waals surface area (Å²) in [6.07, 6.45) is 0.534. The van der Waals surface area contributed by atoms with Gasteiger partial charge in [-0.15, -0.1) is 0 Å². The SMILES string of the molecule is Fc1cccc(CNCC2CC(c3cccc(F)c3)=NO2)c1. The Morgan fingerprint density at radius 1 is 1.09 bits per heavy atom. The maximum atomic E-state index is 13.2. The molecule has 0 bridgehead atoms. The number of oxime groups is 1. The lowest BCUT2D eigenvalue weighted by Gasteiger charge is -2.09. The van der Waals surface area contributed by atoms with Gasteiger partial charge in [-0.3, -0.25) is 0 Å². The molecule has 0 saturated heterocycles. The van der Waals surface area contributed by atoms with E-state index in [1.807, 2.05) is 12.1 Å². The van der Waals surface area contributed by atoms with E-state index >= 15 is 0 Å². The van der Waals surface area contributed by atoms with Crippen LogP contribution in [0.15, 0.2) is 53.7 Å². The van der Waals surface area contributed by atoms with E-state index in [0.717, 1.165) is 16.8 Å². The van der Waals surface area contributed by atoms with Crippen molar-refractivity contribution >= 4 is 5.71 Å². The van der Waals surface area contributed by atoms with Gasteiger partial charge in [0.25, 0.3) is 0 Å². The molecule has 2 aromatic carbocycles. The molecular weight excluding hydrogens is 286 g/mol. The van der Waals surface area contributed by atoms with Gasteiger partial charge in [0.05, 0.1) is 5.71 Å². The van der Waals surface area contributed by atoms with E-state index in [1.165, 1.54) is 24.3 Å². The molecule has 0 fully saturated rings. The van der Waals surface area contributed by atoms with Crippen LogP contribution in [0, 0.1) is 11.6 Å². The molecule has 2 aromatic rings. The summed E-state index contributed by atoms with van der Waals surface area (Å²) in [5, 5.41) is 7.23. The van der Waals surface area contributed by atoms with E-state index in [2.05, 4.69) is 10.5 Å². The summed E-state index contributed by atoms with van der Waals surface area (Å²) in [6, 6.07) is 12.8. The molecule has 1 aliphatic rings. The largest absolute Gasteiger partial charge is 0.390 e. The van der Waals surface area contributed by atoms with Crippen LogP contribution < -0.4 is 5.32 Å². The van der Waals surface area contributed by atoms with Gasteiger partial charge in [0.1, 0.15) is 17.7 Å². The molecule has 0 amide bonds. The normalized spacial score (nSPS) is 17.2. The highest BCUT2D eigenvalue weighted by Crippen LogP contribution is 2.17. The van der Waals surface area contributed by atoms with Crippen molar-refractivity contribution in [2.75, 3.05) is 6.54 Å². The molecule has 0 aromatic heterocycles. The second kappa shape index (κ2) is 6.66. The van der Waals surface area contributed by atoms with Crippen molar-refractivity contribution in [1.82, 2.24) is 5.32 Å². The quantitative estimate of drug-likeness (QED) is 0.920. The molecule has 1 atom stereocenters. The molecule has 3 rings (SSSR count). The van der Waals surface area contributed by atoms with E-state index in [-0.39, 0.29) is 17.7 Å². The highest BCUT2D eigenvalue weighted by Gasteiger charge is 2.21. The Bertz CT molecular complexity index is 688. The van der Waals surface area contributed by atoms with Gasteiger partial charge in [0, 0.05) is 25.1 Å². The summed E-state index contributed by atoms with van der Waals surface area (Å²) >= 11 is 0. The highest BCUT2D eigenvalue weighted by atomic mass is 19.1. The molecule has 0 spiro atoms. The van der Waals surface area contributed by atoms with Gasteiger partial charge in [-0.05, 0) is 29.8 Å². The Kier molecular flexibility index (Phi) is 4.44. The molecule has 0 saturated carbocycles. The van der Waals surface area contributed by atoms with Crippen molar-refractivity contribution in [2.45, 2.75) is 19.1 Å². The minimum Gasteiger partial charge on any atom is -0.390 e. The smallest absolute Gasteiger partial charge is 0.145 e. The van der Waals surface area contributed by atoms with Gasteiger partial charge in [-0.2, -0.15) is 0 Å². The van der Waals surface area contributed by atoms with Crippen molar-refractivity contribution in [3.8, 4) is 0 Å².